The van der Waals surface area contributed by atoms with Crippen LogP contribution in [0.4, 0.5) is 10.5 Å². The smallest absolute Gasteiger partial charge is 0.319 e. The summed E-state index contributed by atoms with van der Waals surface area (Å²) in [5.74, 6) is 1.50. The number of ether oxygens (including phenoxy) is 1. The lowest BCUT2D eigenvalue weighted by atomic mass is 10.2. The highest BCUT2D eigenvalue weighted by Crippen LogP contribution is 2.22. The molecule has 1 aromatic carbocycles. The lowest BCUT2D eigenvalue weighted by molar-refractivity contribution is 0.240. The molecule has 6 heteroatoms. The van der Waals surface area contributed by atoms with Crippen molar-refractivity contribution in [3.05, 3.63) is 47.5 Å². The number of anilines is 1. The van der Waals surface area contributed by atoms with Gasteiger partial charge in [-0.15, -0.1) is 0 Å². The normalized spacial score (nSPS) is 10.5. The number of carbonyl (C=O) groups excluding carboxylic acids is 1. The van der Waals surface area contributed by atoms with Gasteiger partial charge in [-0.2, -0.15) is 0 Å². The largest absolute Gasteiger partial charge is 0.491 e. The molecule has 0 fully saturated rings. The molecule has 0 spiro atoms. The molecule has 2 aromatic rings. The van der Waals surface area contributed by atoms with Gasteiger partial charge in [0, 0.05) is 11.9 Å². The molecule has 2 rings (SSSR count). The number of benzene rings is 1. The van der Waals surface area contributed by atoms with Gasteiger partial charge in [0.25, 0.3) is 0 Å². The molecule has 122 valence electrons. The van der Waals surface area contributed by atoms with Crippen LogP contribution in [0.1, 0.15) is 30.9 Å². The van der Waals surface area contributed by atoms with Gasteiger partial charge in [-0.3, -0.25) is 0 Å². The fourth-order valence-electron chi connectivity index (χ4n) is 2.06. The van der Waals surface area contributed by atoms with E-state index in [0.29, 0.717) is 12.4 Å². The second kappa shape index (κ2) is 7.58. The zero-order chi connectivity index (χ0) is 16.8. The maximum Gasteiger partial charge on any atom is 0.319 e. The third-order valence-electron chi connectivity index (χ3n) is 3.06. The Labute approximate surface area is 136 Å². The van der Waals surface area contributed by atoms with Crippen molar-refractivity contribution in [2.75, 3.05) is 5.32 Å². The molecule has 2 N–H and O–H groups in total. The zero-order valence-corrected chi connectivity index (χ0v) is 13.9. The van der Waals surface area contributed by atoms with Crippen molar-refractivity contribution >= 4 is 11.7 Å². The number of nitrogens with zero attached hydrogens (tertiary/aromatic N) is 2. The standard InChI is InChI=1S/C17H22N4O2/c1-11(2)23-16-6-5-14(9-12(16)3)21-17(22)19-10-15-7-8-18-13(4)20-15/h5-9,11H,10H2,1-4H3,(H2,19,21,22). The van der Waals surface area contributed by atoms with Gasteiger partial charge in [0.05, 0.1) is 18.3 Å². The number of carbonyl (C=O) groups is 1. The minimum atomic E-state index is -0.279. The topological polar surface area (TPSA) is 76.1 Å². The van der Waals surface area contributed by atoms with Crippen LogP contribution in [0.25, 0.3) is 0 Å². The minimum Gasteiger partial charge on any atom is -0.491 e. The second-order valence-corrected chi connectivity index (χ2v) is 5.55. The van der Waals surface area contributed by atoms with E-state index in [4.69, 9.17) is 4.74 Å². The number of nitrogens with one attached hydrogen (secondary N) is 2. The van der Waals surface area contributed by atoms with Crippen molar-refractivity contribution in [2.45, 2.75) is 40.3 Å². The number of hydrogen-bond donors (Lipinski definition) is 2. The molecule has 2 amide bonds. The number of rotatable bonds is 5. The van der Waals surface area contributed by atoms with Gasteiger partial charge in [0.1, 0.15) is 11.6 Å². The summed E-state index contributed by atoms with van der Waals surface area (Å²) in [5.41, 5.74) is 2.46. The number of aryl methyl sites for hydroxylation is 2. The Kier molecular flexibility index (Phi) is 5.51. The lowest BCUT2D eigenvalue weighted by Gasteiger charge is -2.14. The van der Waals surface area contributed by atoms with E-state index in [-0.39, 0.29) is 12.1 Å². The average molecular weight is 314 g/mol. The van der Waals surface area contributed by atoms with Crippen LogP contribution >= 0.6 is 0 Å². The molecule has 0 radical (unpaired) electrons. The van der Waals surface area contributed by atoms with Crippen molar-refractivity contribution in [2.24, 2.45) is 0 Å². The first-order valence-corrected chi connectivity index (χ1v) is 7.54. The molecule has 0 unspecified atom stereocenters. The number of hydrogen-bond acceptors (Lipinski definition) is 4. The van der Waals surface area contributed by atoms with Crippen LogP contribution in [0.5, 0.6) is 5.75 Å². The Morgan fingerprint density at radius 1 is 1.26 bits per heavy atom. The van der Waals surface area contributed by atoms with Crippen molar-refractivity contribution in [3.8, 4) is 5.75 Å². The molecule has 0 bridgehead atoms. The van der Waals surface area contributed by atoms with Crippen LogP contribution < -0.4 is 15.4 Å². The highest BCUT2D eigenvalue weighted by molar-refractivity contribution is 5.89. The van der Waals surface area contributed by atoms with Gasteiger partial charge in [0.2, 0.25) is 0 Å². The number of amides is 2. The van der Waals surface area contributed by atoms with E-state index in [1.807, 2.05) is 45.9 Å². The van der Waals surface area contributed by atoms with E-state index >= 15 is 0 Å². The maximum atomic E-state index is 11.9. The lowest BCUT2D eigenvalue weighted by Crippen LogP contribution is -2.28. The first kappa shape index (κ1) is 16.7. The Bertz CT molecular complexity index is 686. The Hall–Kier alpha value is -2.63. The quantitative estimate of drug-likeness (QED) is 0.888. The summed E-state index contributed by atoms with van der Waals surface area (Å²) in [6, 6.07) is 7.05. The number of urea groups is 1. The fourth-order valence-corrected chi connectivity index (χ4v) is 2.06. The van der Waals surface area contributed by atoms with Crippen molar-refractivity contribution in [1.82, 2.24) is 15.3 Å². The first-order valence-electron chi connectivity index (χ1n) is 7.54. The van der Waals surface area contributed by atoms with E-state index in [0.717, 1.165) is 22.7 Å². The summed E-state index contributed by atoms with van der Waals surface area (Å²) in [6.07, 6.45) is 1.79. The summed E-state index contributed by atoms with van der Waals surface area (Å²) in [7, 11) is 0. The number of aromatic nitrogens is 2. The first-order chi connectivity index (χ1) is 10.9. The van der Waals surface area contributed by atoms with Crippen molar-refractivity contribution < 1.29 is 9.53 Å². The highest BCUT2D eigenvalue weighted by Gasteiger charge is 2.06. The second-order valence-electron chi connectivity index (χ2n) is 5.55. The van der Waals surface area contributed by atoms with E-state index in [1.54, 1.807) is 12.3 Å². The molecule has 0 atom stereocenters. The van der Waals surface area contributed by atoms with E-state index in [2.05, 4.69) is 20.6 Å². The van der Waals surface area contributed by atoms with Crippen LogP contribution in [-0.2, 0) is 6.54 Å². The molecule has 23 heavy (non-hydrogen) atoms. The van der Waals surface area contributed by atoms with Gasteiger partial charge in [-0.25, -0.2) is 14.8 Å². The predicted octanol–water partition coefficient (Wildman–Crippen LogP) is 3.20. The summed E-state index contributed by atoms with van der Waals surface area (Å²) in [5, 5.41) is 5.57. The fraction of sp³-hybridized carbons (Fsp3) is 0.353. The summed E-state index contributed by atoms with van der Waals surface area (Å²) < 4.78 is 5.68. The molecule has 0 saturated carbocycles. The molecular formula is C17H22N4O2. The summed E-state index contributed by atoms with van der Waals surface area (Å²) >= 11 is 0. The predicted molar refractivity (Wildman–Crippen MR) is 89.6 cm³/mol. The maximum absolute atomic E-state index is 11.9. The van der Waals surface area contributed by atoms with Crippen LogP contribution in [0.3, 0.4) is 0 Å². The molecule has 1 heterocycles. The SMILES string of the molecule is Cc1nccc(CNC(=O)Nc2ccc(OC(C)C)c(C)c2)n1. The summed E-state index contributed by atoms with van der Waals surface area (Å²) in [4.78, 5) is 20.2. The minimum absolute atomic E-state index is 0.118. The summed E-state index contributed by atoms with van der Waals surface area (Å²) in [6.45, 7) is 8.07. The third kappa shape index (κ3) is 5.25. The van der Waals surface area contributed by atoms with Gasteiger partial charge in [0.15, 0.2) is 0 Å². The molecule has 6 nitrogen and oxygen atoms in total. The highest BCUT2D eigenvalue weighted by atomic mass is 16.5. The van der Waals surface area contributed by atoms with Crippen LogP contribution in [0, 0.1) is 13.8 Å². The Balaban J connectivity index is 1.91. The van der Waals surface area contributed by atoms with E-state index in [1.165, 1.54) is 0 Å². The molecule has 0 saturated heterocycles. The Morgan fingerprint density at radius 3 is 2.70 bits per heavy atom. The molecule has 1 aromatic heterocycles. The van der Waals surface area contributed by atoms with Crippen LogP contribution in [0.15, 0.2) is 30.5 Å². The van der Waals surface area contributed by atoms with Crippen LogP contribution in [0.2, 0.25) is 0 Å². The molecule has 0 aliphatic rings. The molecule has 0 aliphatic heterocycles. The van der Waals surface area contributed by atoms with Gasteiger partial charge < -0.3 is 15.4 Å². The third-order valence-corrected chi connectivity index (χ3v) is 3.06. The molecular weight excluding hydrogens is 292 g/mol. The average Bonchev–Trinajstić information content (AvgIpc) is 2.48. The van der Waals surface area contributed by atoms with E-state index < -0.39 is 0 Å². The van der Waals surface area contributed by atoms with Crippen molar-refractivity contribution in [1.29, 1.82) is 0 Å². The zero-order valence-electron chi connectivity index (χ0n) is 13.9. The van der Waals surface area contributed by atoms with E-state index in [9.17, 15) is 4.79 Å². The van der Waals surface area contributed by atoms with Crippen molar-refractivity contribution in [3.63, 3.8) is 0 Å². The van der Waals surface area contributed by atoms with Crippen LogP contribution in [-0.4, -0.2) is 22.1 Å². The van der Waals surface area contributed by atoms with Gasteiger partial charge in [-0.05, 0) is 57.5 Å². The molecule has 0 aliphatic carbocycles. The van der Waals surface area contributed by atoms with Gasteiger partial charge >= 0.3 is 6.03 Å². The Morgan fingerprint density at radius 2 is 2.04 bits per heavy atom. The monoisotopic (exact) mass is 314 g/mol. The van der Waals surface area contributed by atoms with Gasteiger partial charge in [-0.1, -0.05) is 0 Å².